The second-order valence-corrected chi connectivity index (χ2v) is 2.83. The van der Waals surface area contributed by atoms with Gasteiger partial charge in [0.2, 0.25) is 0 Å². The normalized spacial score (nSPS) is 11.6. The molecule has 0 saturated heterocycles. The van der Waals surface area contributed by atoms with E-state index < -0.39 is 35.5 Å². The van der Waals surface area contributed by atoms with Gasteiger partial charge in [-0.2, -0.15) is 8.78 Å². The minimum absolute atomic E-state index is 0.307. The van der Waals surface area contributed by atoms with Crippen LogP contribution in [0, 0.1) is 11.6 Å². The second kappa shape index (κ2) is 4.06. The number of aliphatic hydroxyl groups excluding tert-OH is 1. The number of alkyl halides is 2. The van der Waals surface area contributed by atoms with E-state index in [1.54, 1.807) is 0 Å². The van der Waals surface area contributed by atoms with Gasteiger partial charge in [-0.15, -0.1) is 0 Å². The number of hydrogen-bond donors (Lipinski definition) is 1. The fourth-order valence-corrected chi connectivity index (χ4v) is 1.14. The van der Waals surface area contributed by atoms with Crippen LogP contribution in [0.15, 0.2) is 12.1 Å². The molecule has 0 aliphatic rings. The Morgan fingerprint density at radius 2 is 1.93 bits per heavy atom. The lowest BCUT2D eigenvalue weighted by molar-refractivity contribution is -0.0599. The molecule has 1 aromatic carbocycles. The quantitative estimate of drug-likeness (QED) is 0.796. The van der Waals surface area contributed by atoms with E-state index in [-0.39, 0.29) is 0 Å². The molecule has 0 bridgehead atoms. The first-order valence-corrected chi connectivity index (χ1v) is 3.94. The first-order chi connectivity index (χ1) is 6.92. The molecule has 0 saturated carbocycles. The Hall–Kier alpha value is -1.30. The van der Waals surface area contributed by atoms with Crippen LogP contribution in [0.3, 0.4) is 0 Å². The Kier molecular flexibility index (Phi) is 3.18. The van der Waals surface area contributed by atoms with Crippen molar-refractivity contribution in [3.63, 3.8) is 0 Å². The second-order valence-electron chi connectivity index (χ2n) is 2.83. The lowest BCUT2D eigenvalue weighted by Crippen LogP contribution is -2.21. The SMILES string of the molecule is COc1cc(F)cc(F)c1C(F)(F)CO. The Morgan fingerprint density at radius 1 is 1.33 bits per heavy atom. The van der Waals surface area contributed by atoms with Gasteiger partial charge < -0.3 is 9.84 Å². The van der Waals surface area contributed by atoms with Gasteiger partial charge in [-0.3, -0.25) is 0 Å². The third kappa shape index (κ3) is 2.20. The molecule has 1 rings (SSSR count). The summed E-state index contributed by atoms with van der Waals surface area (Å²) in [7, 11) is 1.01. The zero-order valence-electron chi connectivity index (χ0n) is 7.73. The summed E-state index contributed by atoms with van der Waals surface area (Å²) in [5.41, 5.74) is -1.14. The van der Waals surface area contributed by atoms with Crippen molar-refractivity contribution in [3.05, 3.63) is 29.3 Å². The largest absolute Gasteiger partial charge is 0.496 e. The Balaban J connectivity index is 3.39. The molecule has 0 aromatic heterocycles. The van der Waals surface area contributed by atoms with Gasteiger partial charge in [-0.05, 0) is 0 Å². The van der Waals surface area contributed by atoms with Crippen LogP contribution in [0.1, 0.15) is 5.56 Å². The highest BCUT2D eigenvalue weighted by Crippen LogP contribution is 2.37. The predicted molar refractivity (Wildman–Crippen MR) is 43.9 cm³/mol. The highest BCUT2D eigenvalue weighted by molar-refractivity contribution is 5.38. The van der Waals surface area contributed by atoms with E-state index in [9.17, 15) is 17.6 Å². The molecule has 0 amide bonds. The summed E-state index contributed by atoms with van der Waals surface area (Å²) in [5, 5.41) is 8.40. The molecule has 0 radical (unpaired) electrons. The average Bonchev–Trinajstić information content (AvgIpc) is 2.15. The monoisotopic (exact) mass is 224 g/mol. The van der Waals surface area contributed by atoms with E-state index in [0.717, 1.165) is 7.11 Å². The van der Waals surface area contributed by atoms with E-state index in [2.05, 4.69) is 4.74 Å². The number of benzene rings is 1. The minimum atomic E-state index is -3.80. The van der Waals surface area contributed by atoms with Crippen LogP contribution in [0.4, 0.5) is 17.6 Å². The van der Waals surface area contributed by atoms with Crippen LogP contribution in [0.5, 0.6) is 5.75 Å². The summed E-state index contributed by atoms with van der Waals surface area (Å²) in [5.74, 6) is -6.91. The summed E-state index contributed by atoms with van der Waals surface area (Å²) < 4.78 is 56.2. The third-order valence-corrected chi connectivity index (χ3v) is 1.80. The summed E-state index contributed by atoms with van der Waals surface area (Å²) in [6.45, 7) is -1.58. The average molecular weight is 224 g/mol. The number of rotatable bonds is 3. The Morgan fingerprint density at radius 3 is 2.40 bits per heavy atom. The summed E-state index contributed by atoms with van der Waals surface area (Å²) in [6.07, 6.45) is 0. The van der Waals surface area contributed by atoms with Crippen LogP contribution >= 0.6 is 0 Å². The van der Waals surface area contributed by atoms with Gasteiger partial charge in [0.05, 0.1) is 7.11 Å². The lowest BCUT2D eigenvalue weighted by atomic mass is 10.1. The molecule has 0 aliphatic heterocycles. The van der Waals surface area contributed by atoms with Crippen molar-refractivity contribution >= 4 is 0 Å². The summed E-state index contributed by atoms with van der Waals surface area (Å²) >= 11 is 0. The summed E-state index contributed by atoms with van der Waals surface area (Å²) in [6, 6.07) is 0.934. The zero-order chi connectivity index (χ0) is 11.6. The van der Waals surface area contributed by atoms with E-state index >= 15 is 0 Å². The molecule has 6 heteroatoms. The number of aliphatic hydroxyl groups is 1. The van der Waals surface area contributed by atoms with Crippen LogP contribution in [-0.4, -0.2) is 18.8 Å². The molecular formula is C9H8F4O2. The maximum Gasteiger partial charge on any atom is 0.302 e. The van der Waals surface area contributed by atoms with Crippen LogP contribution in [-0.2, 0) is 5.92 Å². The Labute approximate surface area is 83.1 Å². The first-order valence-electron chi connectivity index (χ1n) is 3.94. The van der Waals surface area contributed by atoms with Crippen molar-refractivity contribution in [2.24, 2.45) is 0 Å². The summed E-state index contributed by atoms with van der Waals surface area (Å²) in [4.78, 5) is 0. The van der Waals surface area contributed by atoms with Crippen molar-refractivity contribution in [1.29, 1.82) is 0 Å². The van der Waals surface area contributed by atoms with E-state index in [4.69, 9.17) is 5.11 Å². The van der Waals surface area contributed by atoms with Gasteiger partial charge in [0.15, 0.2) is 0 Å². The molecule has 0 fully saturated rings. The van der Waals surface area contributed by atoms with Crippen molar-refractivity contribution in [2.75, 3.05) is 13.7 Å². The van der Waals surface area contributed by atoms with Crippen LogP contribution in [0.2, 0.25) is 0 Å². The fourth-order valence-electron chi connectivity index (χ4n) is 1.14. The lowest BCUT2D eigenvalue weighted by Gasteiger charge is -2.17. The minimum Gasteiger partial charge on any atom is -0.496 e. The highest BCUT2D eigenvalue weighted by atomic mass is 19.3. The molecule has 0 unspecified atom stereocenters. The van der Waals surface area contributed by atoms with Crippen molar-refractivity contribution < 1.29 is 27.4 Å². The molecule has 1 aromatic rings. The van der Waals surface area contributed by atoms with Gasteiger partial charge >= 0.3 is 5.92 Å². The smallest absolute Gasteiger partial charge is 0.302 e. The van der Waals surface area contributed by atoms with Gasteiger partial charge in [-0.25, -0.2) is 8.78 Å². The van der Waals surface area contributed by atoms with E-state index in [1.165, 1.54) is 0 Å². The molecule has 0 aliphatic carbocycles. The molecule has 1 N–H and O–H groups in total. The molecule has 0 atom stereocenters. The van der Waals surface area contributed by atoms with Gasteiger partial charge in [-0.1, -0.05) is 0 Å². The molecule has 84 valence electrons. The molecule has 0 spiro atoms. The number of ether oxygens (including phenoxy) is 1. The molecule has 0 heterocycles. The highest BCUT2D eigenvalue weighted by Gasteiger charge is 2.37. The zero-order valence-corrected chi connectivity index (χ0v) is 7.73. The maximum atomic E-state index is 13.1. The van der Waals surface area contributed by atoms with Crippen molar-refractivity contribution in [1.82, 2.24) is 0 Å². The van der Waals surface area contributed by atoms with Crippen LogP contribution in [0.25, 0.3) is 0 Å². The molecule has 15 heavy (non-hydrogen) atoms. The van der Waals surface area contributed by atoms with E-state index in [1.807, 2.05) is 0 Å². The molecule has 2 nitrogen and oxygen atoms in total. The first kappa shape index (κ1) is 11.8. The van der Waals surface area contributed by atoms with Gasteiger partial charge in [0.1, 0.15) is 29.6 Å². The van der Waals surface area contributed by atoms with Crippen molar-refractivity contribution in [2.45, 2.75) is 5.92 Å². The van der Waals surface area contributed by atoms with E-state index in [0.29, 0.717) is 12.1 Å². The maximum absolute atomic E-state index is 13.1. The topological polar surface area (TPSA) is 29.5 Å². The number of hydrogen-bond acceptors (Lipinski definition) is 2. The molecular weight excluding hydrogens is 216 g/mol. The number of halogens is 4. The fraction of sp³-hybridized carbons (Fsp3) is 0.333. The number of methoxy groups -OCH3 is 1. The van der Waals surface area contributed by atoms with Crippen molar-refractivity contribution in [3.8, 4) is 5.75 Å². The van der Waals surface area contributed by atoms with Crippen LogP contribution < -0.4 is 4.74 Å². The predicted octanol–water partition coefficient (Wildman–Crippen LogP) is 2.06. The van der Waals surface area contributed by atoms with Gasteiger partial charge in [0.25, 0.3) is 0 Å². The van der Waals surface area contributed by atoms with Gasteiger partial charge in [0, 0.05) is 12.1 Å². The third-order valence-electron chi connectivity index (χ3n) is 1.80. The Bertz CT molecular complexity index is 365. The standard InChI is InChI=1S/C9H8F4O2/c1-15-7-3-5(10)2-6(11)8(7)9(12,13)4-14/h2-3,14H,4H2,1H3.